The summed E-state index contributed by atoms with van der Waals surface area (Å²) in [5.41, 5.74) is -0.596. The Morgan fingerprint density at radius 2 is 1.78 bits per heavy atom. The van der Waals surface area contributed by atoms with Crippen LogP contribution in [0.4, 0.5) is 17.6 Å². The maximum absolute atomic E-state index is 12.8. The molecule has 1 heterocycles. The van der Waals surface area contributed by atoms with E-state index in [0.717, 1.165) is 0 Å². The summed E-state index contributed by atoms with van der Waals surface area (Å²) < 4.78 is 51.0. The molecule has 0 aliphatic rings. The summed E-state index contributed by atoms with van der Waals surface area (Å²) in [5.74, 6) is -1.28. The Balaban J connectivity index is 0.00000127. The molecule has 0 aliphatic carbocycles. The Morgan fingerprint density at radius 1 is 1.22 bits per heavy atom. The number of hydrogen-bond donors (Lipinski definition) is 1. The van der Waals surface area contributed by atoms with Crippen LogP contribution in [-0.4, -0.2) is 10.9 Å². The van der Waals surface area contributed by atoms with Crippen molar-refractivity contribution in [2.75, 3.05) is 0 Å². The lowest BCUT2D eigenvalue weighted by atomic mass is 10.2. The van der Waals surface area contributed by atoms with Crippen LogP contribution in [0.3, 0.4) is 0 Å². The molecule has 126 valence electrons. The van der Waals surface area contributed by atoms with Crippen LogP contribution in [-0.2, 0) is 12.7 Å². The number of amides is 1. The molecule has 0 fully saturated rings. The van der Waals surface area contributed by atoms with E-state index in [4.69, 9.17) is 0 Å². The second-order valence-electron chi connectivity index (χ2n) is 4.22. The van der Waals surface area contributed by atoms with Gasteiger partial charge in [-0.25, -0.2) is 9.37 Å². The van der Waals surface area contributed by atoms with E-state index in [1.165, 1.54) is 31.2 Å². The fraction of sp³-hybridized carbons (Fsp3) is 0.333. The average Bonchev–Trinajstić information content (AvgIpc) is 2.91. The summed E-state index contributed by atoms with van der Waals surface area (Å²) in [4.78, 5) is 14.7. The topological polar surface area (TPSA) is 42.0 Å². The molecule has 2 aromatic rings. The monoisotopic (exact) mass is 348 g/mol. The standard InChI is InChI=1S/C13H10F4N2OS.C2H6/c1-7-19-11(13(15,16)17)10(21-7)12(20)18-6-8-2-4-9(14)5-3-8;1-2/h2-5H,6H2,1H3,(H,18,20);1-2H3. The maximum Gasteiger partial charge on any atom is 0.435 e. The first-order chi connectivity index (χ1) is 10.8. The van der Waals surface area contributed by atoms with E-state index >= 15 is 0 Å². The molecule has 8 heteroatoms. The van der Waals surface area contributed by atoms with Crippen LogP contribution < -0.4 is 5.32 Å². The highest BCUT2D eigenvalue weighted by molar-refractivity contribution is 7.13. The van der Waals surface area contributed by atoms with Gasteiger partial charge in [0.15, 0.2) is 5.69 Å². The van der Waals surface area contributed by atoms with Gasteiger partial charge < -0.3 is 5.32 Å². The fourth-order valence-corrected chi connectivity index (χ4v) is 2.49. The second-order valence-corrected chi connectivity index (χ2v) is 5.42. The van der Waals surface area contributed by atoms with E-state index < -0.39 is 28.5 Å². The highest BCUT2D eigenvalue weighted by atomic mass is 32.1. The number of nitrogens with zero attached hydrogens (tertiary/aromatic N) is 1. The van der Waals surface area contributed by atoms with Crippen LogP contribution >= 0.6 is 11.3 Å². The summed E-state index contributed by atoms with van der Waals surface area (Å²) in [6.45, 7) is 5.41. The van der Waals surface area contributed by atoms with E-state index in [9.17, 15) is 22.4 Å². The molecule has 1 aromatic heterocycles. The lowest BCUT2D eigenvalue weighted by Gasteiger charge is -2.07. The number of rotatable bonds is 3. The Labute approximate surface area is 135 Å². The summed E-state index contributed by atoms with van der Waals surface area (Å²) in [6.07, 6.45) is -4.67. The van der Waals surface area contributed by atoms with Crippen LogP contribution in [0, 0.1) is 12.7 Å². The zero-order valence-electron chi connectivity index (χ0n) is 12.8. The van der Waals surface area contributed by atoms with E-state index in [0.29, 0.717) is 16.9 Å². The normalized spacial score (nSPS) is 10.7. The molecule has 0 saturated carbocycles. The number of carbonyl (C=O) groups excluding carboxylic acids is 1. The van der Waals surface area contributed by atoms with E-state index in [1.54, 1.807) is 0 Å². The van der Waals surface area contributed by atoms with Crippen LogP contribution in [0.15, 0.2) is 24.3 Å². The Kier molecular flexibility index (Phi) is 6.68. The number of benzene rings is 1. The van der Waals surface area contributed by atoms with Gasteiger partial charge in [-0.05, 0) is 24.6 Å². The Hall–Kier alpha value is -1.96. The fourth-order valence-electron chi connectivity index (χ4n) is 1.64. The summed E-state index contributed by atoms with van der Waals surface area (Å²) in [6, 6.07) is 5.30. The van der Waals surface area contributed by atoms with Crippen LogP contribution in [0.1, 0.15) is 39.8 Å². The van der Waals surface area contributed by atoms with Crippen molar-refractivity contribution >= 4 is 17.2 Å². The van der Waals surface area contributed by atoms with Gasteiger partial charge in [0.05, 0.1) is 5.01 Å². The Bertz CT molecular complexity index is 650. The first kappa shape index (κ1) is 19.1. The first-order valence-electron chi connectivity index (χ1n) is 6.84. The van der Waals surface area contributed by atoms with E-state index in [1.807, 2.05) is 13.8 Å². The first-order valence-corrected chi connectivity index (χ1v) is 7.66. The van der Waals surface area contributed by atoms with Gasteiger partial charge in [-0.1, -0.05) is 26.0 Å². The number of halogens is 4. The smallest absolute Gasteiger partial charge is 0.347 e. The minimum Gasteiger partial charge on any atom is -0.347 e. The van der Waals surface area contributed by atoms with Gasteiger partial charge in [0.2, 0.25) is 0 Å². The van der Waals surface area contributed by atoms with Crippen molar-refractivity contribution in [3.8, 4) is 0 Å². The predicted octanol–water partition coefficient (Wildman–Crippen LogP) is 4.57. The predicted molar refractivity (Wildman–Crippen MR) is 80.8 cm³/mol. The molecule has 1 amide bonds. The van der Waals surface area contributed by atoms with Crippen molar-refractivity contribution in [3.05, 3.63) is 51.2 Å². The van der Waals surface area contributed by atoms with Gasteiger partial charge >= 0.3 is 6.18 Å². The molecule has 1 aromatic carbocycles. The molecule has 0 saturated heterocycles. The van der Waals surface area contributed by atoms with Gasteiger partial charge in [-0.15, -0.1) is 11.3 Å². The molecule has 0 spiro atoms. The molecule has 23 heavy (non-hydrogen) atoms. The van der Waals surface area contributed by atoms with Crippen LogP contribution in [0.25, 0.3) is 0 Å². The third-order valence-corrected chi connectivity index (χ3v) is 3.54. The second kappa shape index (κ2) is 8.05. The summed E-state index contributed by atoms with van der Waals surface area (Å²) in [5, 5.41) is 2.53. The van der Waals surface area contributed by atoms with E-state index in [-0.39, 0.29) is 11.6 Å². The third kappa shape index (κ3) is 5.31. The molecule has 0 unspecified atom stereocenters. The number of nitrogens with one attached hydrogen (secondary N) is 1. The van der Waals surface area contributed by atoms with Gasteiger partial charge in [-0.2, -0.15) is 13.2 Å². The van der Waals surface area contributed by atoms with Crippen molar-refractivity contribution in [2.45, 2.75) is 33.5 Å². The number of thiazole rings is 1. The maximum atomic E-state index is 12.8. The molecule has 3 nitrogen and oxygen atoms in total. The van der Waals surface area contributed by atoms with Crippen molar-refractivity contribution < 1.29 is 22.4 Å². The van der Waals surface area contributed by atoms with E-state index in [2.05, 4.69) is 10.3 Å². The quantitative estimate of drug-likeness (QED) is 0.826. The van der Waals surface area contributed by atoms with Gasteiger partial charge in [0.25, 0.3) is 5.91 Å². The molecular weight excluding hydrogens is 332 g/mol. The van der Waals surface area contributed by atoms with Crippen LogP contribution in [0.2, 0.25) is 0 Å². The number of aromatic nitrogens is 1. The van der Waals surface area contributed by atoms with Crippen molar-refractivity contribution in [3.63, 3.8) is 0 Å². The zero-order valence-corrected chi connectivity index (χ0v) is 13.6. The largest absolute Gasteiger partial charge is 0.435 e. The number of aryl methyl sites for hydroxylation is 1. The third-order valence-electron chi connectivity index (χ3n) is 2.58. The summed E-state index contributed by atoms with van der Waals surface area (Å²) >= 11 is 0.684. The number of alkyl halides is 3. The van der Waals surface area contributed by atoms with Gasteiger partial charge in [0.1, 0.15) is 10.7 Å². The molecule has 0 atom stereocenters. The van der Waals surface area contributed by atoms with Gasteiger partial charge in [-0.3, -0.25) is 4.79 Å². The Morgan fingerprint density at radius 3 is 2.30 bits per heavy atom. The minimum atomic E-state index is -4.67. The lowest BCUT2D eigenvalue weighted by Crippen LogP contribution is -2.24. The molecule has 1 N–H and O–H groups in total. The highest BCUT2D eigenvalue weighted by Crippen LogP contribution is 2.34. The van der Waals surface area contributed by atoms with Crippen molar-refractivity contribution in [2.24, 2.45) is 0 Å². The molecule has 0 aliphatic heterocycles. The highest BCUT2D eigenvalue weighted by Gasteiger charge is 2.39. The molecule has 0 bridgehead atoms. The van der Waals surface area contributed by atoms with Crippen molar-refractivity contribution in [1.82, 2.24) is 10.3 Å². The lowest BCUT2D eigenvalue weighted by molar-refractivity contribution is -0.141. The van der Waals surface area contributed by atoms with Gasteiger partial charge in [0, 0.05) is 6.54 Å². The van der Waals surface area contributed by atoms with Crippen LogP contribution in [0.5, 0.6) is 0 Å². The molecule has 0 radical (unpaired) electrons. The van der Waals surface area contributed by atoms with Crippen molar-refractivity contribution in [1.29, 1.82) is 0 Å². The molecular formula is C15H16F4N2OS. The number of carbonyl (C=O) groups is 1. The summed E-state index contributed by atoms with van der Waals surface area (Å²) in [7, 11) is 0. The zero-order chi connectivity index (χ0) is 17.6. The minimum absolute atomic E-state index is 0.00730. The average molecular weight is 348 g/mol. The number of hydrogen-bond acceptors (Lipinski definition) is 3. The molecule has 2 rings (SSSR count). The SMILES string of the molecule is CC.Cc1nc(C(F)(F)F)c(C(=O)NCc2ccc(F)cc2)s1.